The van der Waals surface area contributed by atoms with E-state index in [9.17, 15) is 9.18 Å². The van der Waals surface area contributed by atoms with Crippen LogP contribution in [0.15, 0.2) is 29.3 Å². The molecule has 1 N–H and O–H groups in total. The van der Waals surface area contributed by atoms with Gasteiger partial charge in [-0.05, 0) is 37.5 Å². The average molecular weight is 479 g/mol. The summed E-state index contributed by atoms with van der Waals surface area (Å²) in [4.78, 5) is 17.6. The number of hydrogen-bond acceptors (Lipinski definition) is 3. The van der Waals surface area contributed by atoms with Gasteiger partial charge in [0.2, 0.25) is 0 Å². The Hall–Kier alpha value is -1.38. The number of ether oxygens (including phenoxy) is 1. The van der Waals surface area contributed by atoms with Gasteiger partial charge in [0.05, 0.1) is 7.11 Å². The molecule has 0 bridgehead atoms. The Kier molecular flexibility index (Phi) is 14.0. The van der Waals surface area contributed by atoms with Crippen LogP contribution in [-0.2, 0) is 16.1 Å². The molecule has 0 aliphatic carbocycles. The fourth-order valence-electron chi connectivity index (χ4n) is 2.48. The summed E-state index contributed by atoms with van der Waals surface area (Å²) < 4.78 is 17.9. The van der Waals surface area contributed by atoms with Crippen LogP contribution in [0.2, 0.25) is 0 Å². The summed E-state index contributed by atoms with van der Waals surface area (Å²) in [7, 11) is 3.36. The highest BCUT2D eigenvalue weighted by atomic mass is 127. The van der Waals surface area contributed by atoms with E-state index in [0.717, 1.165) is 50.3 Å². The smallest absolute Gasteiger partial charge is 0.305 e. The van der Waals surface area contributed by atoms with Gasteiger partial charge in [-0.1, -0.05) is 25.0 Å². The monoisotopic (exact) mass is 479 g/mol. The number of hydrogen-bond donors (Lipinski definition) is 1. The van der Waals surface area contributed by atoms with E-state index in [2.05, 4.69) is 15.0 Å². The van der Waals surface area contributed by atoms with Crippen LogP contribution in [0.25, 0.3) is 0 Å². The largest absolute Gasteiger partial charge is 0.469 e. The molecular formula is C19H31FIN3O2. The maximum atomic E-state index is 13.3. The third-order valence-electron chi connectivity index (χ3n) is 3.78. The molecule has 0 amide bonds. The number of guanidine groups is 1. The van der Waals surface area contributed by atoms with Crippen molar-refractivity contribution in [3.8, 4) is 0 Å². The Bertz CT molecular complexity index is 555. The zero-order valence-electron chi connectivity index (χ0n) is 16.0. The van der Waals surface area contributed by atoms with Crippen molar-refractivity contribution in [1.82, 2.24) is 10.2 Å². The highest BCUT2D eigenvalue weighted by Crippen LogP contribution is 2.07. The standard InChI is InChI=1S/C19H30FN3O2.HI/c1-4-21-19(22-13-8-6-5-7-12-18(24)25-3)23(2)15-16-10-9-11-17(20)14-16;/h9-11,14H,4-8,12-13,15H2,1-3H3,(H,21,22);1H. The molecule has 0 aromatic heterocycles. The van der Waals surface area contributed by atoms with Crippen molar-refractivity contribution in [1.29, 1.82) is 0 Å². The maximum Gasteiger partial charge on any atom is 0.305 e. The van der Waals surface area contributed by atoms with E-state index in [1.54, 1.807) is 12.1 Å². The Morgan fingerprint density at radius 1 is 1.27 bits per heavy atom. The Balaban J connectivity index is 0.00000625. The Labute approximate surface area is 173 Å². The van der Waals surface area contributed by atoms with Crippen LogP contribution in [-0.4, -0.2) is 44.1 Å². The van der Waals surface area contributed by atoms with Crippen molar-refractivity contribution in [3.05, 3.63) is 35.6 Å². The number of nitrogens with zero attached hydrogens (tertiary/aromatic N) is 2. The summed E-state index contributed by atoms with van der Waals surface area (Å²) in [5.74, 6) is 0.451. The predicted molar refractivity (Wildman–Crippen MR) is 114 cm³/mol. The van der Waals surface area contributed by atoms with Crippen molar-refractivity contribution < 1.29 is 13.9 Å². The molecule has 0 spiro atoms. The number of nitrogens with one attached hydrogen (secondary N) is 1. The van der Waals surface area contributed by atoms with E-state index in [0.29, 0.717) is 13.0 Å². The molecule has 0 saturated heterocycles. The lowest BCUT2D eigenvalue weighted by Crippen LogP contribution is -2.38. The van der Waals surface area contributed by atoms with Gasteiger partial charge in [0.25, 0.3) is 0 Å². The number of rotatable bonds is 10. The molecule has 1 aromatic carbocycles. The Morgan fingerprint density at radius 2 is 2.00 bits per heavy atom. The van der Waals surface area contributed by atoms with E-state index in [1.807, 2.05) is 24.9 Å². The number of methoxy groups -OCH3 is 1. The fraction of sp³-hybridized carbons (Fsp3) is 0.579. The van der Waals surface area contributed by atoms with Gasteiger partial charge in [0.1, 0.15) is 5.82 Å². The summed E-state index contributed by atoms with van der Waals surface area (Å²) in [5.41, 5.74) is 0.913. The van der Waals surface area contributed by atoms with E-state index >= 15 is 0 Å². The lowest BCUT2D eigenvalue weighted by atomic mass is 10.1. The molecule has 1 rings (SSSR count). The summed E-state index contributed by atoms with van der Waals surface area (Å²) >= 11 is 0. The summed E-state index contributed by atoms with van der Waals surface area (Å²) in [6.07, 6.45) is 4.35. The van der Waals surface area contributed by atoms with Gasteiger partial charge in [-0.25, -0.2) is 4.39 Å². The van der Waals surface area contributed by atoms with Crippen LogP contribution in [0.5, 0.6) is 0 Å². The Morgan fingerprint density at radius 3 is 2.65 bits per heavy atom. The fourth-order valence-corrected chi connectivity index (χ4v) is 2.48. The van der Waals surface area contributed by atoms with Crippen molar-refractivity contribution in [2.75, 3.05) is 27.2 Å². The van der Waals surface area contributed by atoms with Crippen LogP contribution in [0, 0.1) is 5.82 Å². The lowest BCUT2D eigenvalue weighted by Gasteiger charge is -2.22. The first-order valence-electron chi connectivity index (χ1n) is 8.87. The molecule has 0 atom stereocenters. The van der Waals surface area contributed by atoms with Gasteiger partial charge in [-0.3, -0.25) is 9.79 Å². The molecule has 0 aliphatic rings. The SMILES string of the molecule is CCNC(=NCCCCCCC(=O)OC)N(C)Cc1cccc(F)c1.I. The molecule has 0 radical (unpaired) electrons. The van der Waals surface area contributed by atoms with E-state index in [1.165, 1.54) is 13.2 Å². The lowest BCUT2D eigenvalue weighted by molar-refractivity contribution is -0.140. The minimum atomic E-state index is -0.222. The summed E-state index contributed by atoms with van der Waals surface area (Å²) in [6, 6.07) is 6.62. The molecule has 0 heterocycles. The number of esters is 1. The van der Waals surface area contributed by atoms with Crippen molar-refractivity contribution in [2.24, 2.45) is 4.99 Å². The van der Waals surface area contributed by atoms with Crippen LogP contribution in [0.4, 0.5) is 4.39 Å². The first-order chi connectivity index (χ1) is 12.1. The second kappa shape index (κ2) is 14.8. The highest BCUT2D eigenvalue weighted by molar-refractivity contribution is 14.0. The minimum Gasteiger partial charge on any atom is -0.469 e. The molecule has 0 saturated carbocycles. The van der Waals surface area contributed by atoms with E-state index in [4.69, 9.17) is 0 Å². The normalized spacial score (nSPS) is 10.8. The molecular weight excluding hydrogens is 448 g/mol. The number of aliphatic imine (C=N–C) groups is 1. The van der Waals surface area contributed by atoms with Crippen LogP contribution in [0.1, 0.15) is 44.6 Å². The van der Waals surface area contributed by atoms with Crippen molar-refractivity contribution >= 4 is 35.9 Å². The predicted octanol–water partition coefficient (Wildman–Crippen LogP) is 3.96. The second-order valence-electron chi connectivity index (χ2n) is 5.96. The zero-order chi connectivity index (χ0) is 18.5. The van der Waals surface area contributed by atoms with Gasteiger partial charge in [-0.2, -0.15) is 0 Å². The van der Waals surface area contributed by atoms with Gasteiger partial charge >= 0.3 is 5.97 Å². The van der Waals surface area contributed by atoms with Crippen molar-refractivity contribution in [2.45, 2.75) is 45.6 Å². The second-order valence-corrected chi connectivity index (χ2v) is 5.96. The quantitative estimate of drug-likeness (QED) is 0.182. The van der Waals surface area contributed by atoms with Crippen LogP contribution in [0.3, 0.4) is 0 Å². The first kappa shape index (κ1) is 24.6. The number of carbonyl (C=O) groups is 1. The number of halogens is 2. The molecule has 1 aromatic rings. The third kappa shape index (κ3) is 10.6. The molecule has 5 nitrogen and oxygen atoms in total. The third-order valence-corrected chi connectivity index (χ3v) is 3.78. The number of benzene rings is 1. The molecule has 0 unspecified atom stereocenters. The van der Waals surface area contributed by atoms with Gasteiger partial charge in [-0.15, -0.1) is 24.0 Å². The summed E-state index contributed by atoms with van der Waals surface area (Å²) in [5, 5.41) is 3.26. The molecule has 148 valence electrons. The zero-order valence-corrected chi connectivity index (χ0v) is 18.3. The van der Waals surface area contributed by atoms with Crippen molar-refractivity contribution in [3.63, 3.8) is 0 Å². The maximum absolute atomic E-state index is 13.3. The molecule has 0 fully saturated rings. The van der Waals surface area contributed by atoms with E-state index < -0.39 is 0 Å². The van der Waals surface area contributed by atoms with E-state index in [-0.39, 0.29) is 35.8 Å². The number of unbranched alkanes of at least 4 members (excludes halogenated alkanes) is 3. The number of carbonyl (C=O) groups excluding carboxylic acids is 1. The topological polar surface area (TPSA) is 53.9 Å². The highest BCUT2D eigenvalue weighted by Gasteiger charge is 2.07. The first-order valence-corrected chi connectivity index (χ1v) is 8.87. The molecule has 0 aliphatic heterocycles. The van der Waals surface area contributed by atoms with Gasteiger partial charge in [0, 0.05) is 33.1 Å². The average Bonchev–Trinajstić information content (AvgIpc) is 2.59. The minimum absolute atomic E-state index is 0. The summed E-state index contributed by atoms with van der Waals surface area (Å²) in [6.45, 7) is 4.14. The molecule has 7 heteroatoms. The van der Waals surface area contributed by atoms with Crippen LogP contribution >= 0.6 is 24.0 Å². The van der Waals surface area contributed by atoms with Gasteiger partial charge < -0.3 is 15.0 Å². The van der Waals surface area contributed by atoms with Crippen LogP contribution < -0.4 is 5.32 Å². The van der Waals surface area contributed by atoms with Gasteiger partial charge in [0.15, 0.2) is 5.96 Å². The molecule has 26 heavy (non-hydrogen) atoms.